The molecule has 1 aliphatic rings. The highest BCUT2D eigenvalue weighted by Crippen LogP contribution is 2.34. The van der Waals surface area contributed by atoms with Crippen LogP contribution in [0.3, 0.4) is 0 Å². The highest BCUT2D eigenvalue weighted by Gasteiger charge is 2.32. The molecule has 25 heavy (non-hydrogen) atoms. The minimum absolute atomic E-state index is 0.270. The van der Waals surface area contributed by atoms with Gasteiger partial charge in [0.2, 0.25) is 0 Å². The number of para-hydroxylation sites is 1. The number of rotatable bonds is 6. The Morgan fingerprint density at radius 3 is 2.88 bits per heavy atom. The van der Waals surface area contributed by atoms with E-state index in [1.807, 2.05) is 12.1 Å². The fourth-order valence-corrected chi connectivity index (χ4v) is 2.74. The lowest BCUT2D eigenvalue weighted by Gasteiger charge is -2.14. The monoisotopic (exact) mass is 337 g/mol. The molecule has 6 nitrogen and oxygen atoms in total. The number of anilines is 2. The van der Waals surface area contributed by atoms with Crippen molar-refractivity contribution in [2.24, 2.45) is 0 Å². The summed E-state index contributed by atoms with van der Waals surface area (Å²) in [7, 11) is 1.56. The van der Waals surface area contributed by atoms with Crippen molar-refractivity contribution in [3.8, 4) is 5.75 Å². The summed E-state index contributed by atoms with van der Waals surface area (Å²) in [5.41, 5.74) is 2.52. The van der Waals surface area contributed by atoms with E-state index in [2.05, 4.69) is 22.5 Å². The van der Waals surface area contributed by atoms with E-state index in [0.29, 0.717) is 29.2 Å². The van der Waals surface area contributed by atoms with Crippen LogP contribution in [0.15, 0.2) is 55.1 Å². The predicted molar refractivity (Wildman–Crippen MR) is 97.0 cm³/mol. The summed E-state index contributed by atoms with van der Waals surface area (Å²) in [6, 6.07) is 11.7. The molecule has 0 radical (unpaired) electrons. The number of methoxy groups -OCH3 is 1. The lowest BCUT2D eigenvalue weighted by Crippen LogP contribution is -2.33. The Morgan fingerprint density at radius 1 is 1.32 bits per heavy atom. The molecule has 1 atom stereocenters. The highest BCUT2D eigenvalue weighted by molar-refractivity contribution is 6.07. The standard InChI is InChI=1S/C19H19N3O3/c1-3-10-20-15-7-5-4-6-14(15)18(23)22-17-13-9-8-12(25-2)11-16(13)21-19(17)24/h3-9,11,17,20H,1,10H2,2H3,(H,21,24)(H,22,23)/t17-/m1/s1. The Hall–Kier alpha value is -3.28. The summed E-state index contributed by atoms with van der Waals surface area (Å²) in [5.74, 6) is 0.0501. The maximum atomic E-state index is 12.7. The highest BCUT2D eigenvalue weighted by atomic mass is 16.5. The van der Waals surface area contributed by atoms with Crippen LogP contribution in [0.4, 0.5) is 11.4 Å². The molecule has 0 aromatic heterocycles. The van der Waals surface area contributed by atoms with E-state index in [-0.39, 0.29) is 11.8 Å². The number of carbonyl (C=O) groups is 2. The molecule has 3 N–H and O–H groups in total. The van der Waals surface area contributed by atoms with E-state index >= 15 is 0 Å². The third-order valence-electron chi connectivity index (χ3n) is 3.98. The second-order valence-corrected chi connectivity index (χ2v) is 5.56. The molecule has 3 rings (SSSR count). The van der Waals surface area contributed by atoms with Gasteiger partial charge in [0, 0.05) is 23.9 Å². The van der Waals surface area contributed by atoms with Crippen LogP contribution >= 0.6 is 0 Å². The first-order valence-corrected chi connectivity index (χ1v) is 7.87. The molecule has 0 aliphatic carbocycles. The zero-order chi connectivity index (χ0) is 17.8. The van der Waals surface area contributed by atoms with Gasteiger partial charge in [-0.05, 0) is 18.2 Å². The van der Waals surface area contributed by atoms with Gasteiger partial charge in [-0.3, -0.25) is 9.59 Å². The Balaban J connectivity index is 1.83. The topological polar surface area (TPSA) is 79.5 Å². The van der Waals surface area contributed by atoms with Gasteiger partial charge in [0.15, 0.2) is 0 Å². The van der Waals surface area contributed by atoms with Gasteiger partial charge in [0.1, 0.15) is 11.8 Å². The van der Waals surface area contributed by atoms with E-state index in [4.69, 9.17) is 4.74 Å². The van der Waals surface area contributed by atoms with Crippen LogP contribution in [0.1, 0.15) is 22.0 Å². The number of fused-ring (bicyclic) bond motifs is 1. The first-order valence-electron chi connectivity index (χ1n) is 7.87. The zero-order valence-corrected chi connectivity index (χ0v) is 13.8. The minimum Gasteiger partial charge on any atom is -0.497 e. The average Bonchev–Trinajstić information content (AvgIpc) is 2.94. The molecule has 2 aromatic rings. The number of hydrogen-bond donors (Lipinski definition) is 3. The van der Waals surface area contributed by atoms with Crippen molar-refractivity contribution < 1.29 is 14.3 Å². The van der Waals surface area contributed by atoms with Crippen molar-refractivity contribution >= 4 is 23.2 Å². The van der Waals surface area contributed by atoms with Crippen LogP contribution in [-0.4, -0.2) is 25.5 Å². The van der Waals surface area contributed by atoms with Crippen LogP contribution in [0, 0.1) is 0 Å². The predicted octanol–water partition coefficient (Wildman–Crippen LogP) is 2.72. The molecule has 0 saturated carbocycles. The molecular formula is C19H19N3O3. The average molecular weight is 337 g/mol. The number of benzene rings is 2. The van der Waals surface area contributed by atoms with Crippen molar-refractivity contribution in [2.75, 3.05) is 24.3 Å². The minimum atomic E-state index is -0.735. The summed E-state index contributed by atoms with van der Waals surface area (Å²) in [6.45, 7) is 4.19. The molecule has 1 aliphatic heterocycles. The van der Waals surface area contributed by atoms with Gasteiger partial charge in [-0.15, -0.1) is 6.58 Å². The number of nitrogens with one attached hydrogen (secondary N) is 3. The molecule has 1 heterocycles. The van der Waals surface area contributed by atoms with Gasteiger partial charge in [0.25, 0.3) is 11.8 Å². The van der Waals surface area contributed by atoms with E-state index < -0.39 is 6.04 Å². The number of amides is 2. The molecule has 0 bridgehead atoms. The molecule has 0 saturated heterocycles. The van der Waals surface area contributed by atoms with E-state index in [0.717, 1.165) is 5.56 Å². The molecule has 6 heteroatoms. The summed E-state index contributed by atoms with van der Waals surface area (Å²) in [4.78, 5) is 24.9. The summed E-state index contributed by atoms with van der Waals surface area (Å²) < 4.78 is 5.16. The van der Waals surface area contributed by atoms with Crippen LogP contribution < -0.4 is 20.7 Å². The zero-order valence-electron chi connectivity index (χ0n) is 13.8. The Morgan fingerprint density at radius 2 is 2.12 bits per heavy atom. The van der Waals surface area contributed by atoms with Gasteiger partial charge in [-0.2, -0.15) is 0 Å². The van der Waals surface area contributed by atoms with Crippen LogP contribution in [0.2, 0.25) is 0 Å². The second kappa shape index (κ2) is 7.09. The second-order valence-electron chi connectivity index (χ2n) is 5.56. The fourth-order valence-electron chi connectivity index (χ4n) is 2.74. The van der Waals surface area contributed by atoms with Gasteiger partial charge in [-0.1, -0.05) is 24.3 Å². The summed E-state index contributed by atoms with van der Waals surface area (Å²) in [5, 5.41) is 8.68. The van der Waals surface area contributed by atoms with Crippen molar-refractivity contribution in [1.82, 2.24) is 5.32 Å². The van der Waals surface area contributed by atoms with Crippen LogP contribution in [-0.2, 0) is 4.79 Å². The first-order chi connectivity index (χ1) is 12.1. The normalized spacial score (nSPS) is 15.1. The molecule has 0 spiro atoms. The molecule has 0 unspecified atom stereocenters. The Labute approximate surface area is 145 Å². The van der Waals surface area contributed by atoms with Crippen molar-refractivity contribution in [3.63, 3.8) is 0 Å². The van der Waals surface area contributed by atoms with Gasteiger partial charge >= 0.3 is 0 Å². The summed E-state index contributed by atoms with van der Waals surface area (Å²) >= 11 is 0. The maximum Gasteiger partial charge on any atom is 0.254 e. The number of hydrogen-bond acceptors (Lipinski definition) is 4. The van der Waals surface area contributed by atoms with E-state index in [1.54, 1.807) is 43.5 Å². The number of carbonyl (C=O) groups excluding carboxylic acids is 2. The summed E-state index contributed by atoms with van der Waals surface area (Å²) in [6.07, 6.45) is 1.71. The molecule has 128 valence electrons. The maximum absolute atomic E-state index is 12.7. The van der Waals surface area contributed by atoms with Gasteiger partial charge in [0.05, 0.1) is 18.4 Å². The third-order valence-corrected chi connectivity index (χ3v) is 3.98. The quantitative estimate of drug-likeness (QED) is 0.708. The number of ether oxygens (including phenoxy) is 1. The molecule has 2 amide bonds. The fraction of sp³-hybridized carbons (Fsp3) is 0.158. The SMILES string of the molecule is C=CCNc1ccccc1C(=O)N[C@H]1C(=O)Nc2cc(OC)ccc21. The Kier molecular flexibility index (Phi) is 4.70. The van der Waals surface area contributed by atoms with Crippen LogP contribution in [0.5, 0.6) is 5.75 Å². The van der Waals surface area contributed by atoms with Gasteiger partial charge in [-0.25, -0.2) is 0 Å². The van der Waals surface area contributed by atoms with Crippen molar-refractivity contribution in [3.05, 3.63) is 66.2 Å². The van der Waals surface area contributed by atoms with Crippen molar-refractivity contribution in [2.45, 2.75) is 6.04 Å². The smallest absolute Gasteiger partial charge is 0.254 e. The Bertz CT molecular complexity index is 832. The lowest BCUT2D eigenvalue weighted by molar-refractivity contribution is -0.117. The molecule has 2 aromatic carbocycles. The molecular weight excluding hydrogens is 318 g/mol. The van der Waals surface area contributed by atoms with Crippen LogP contribution in [0.25, 0.3) is 0 Å². The first kappa shape index (κ1) is 16.6. The van der Waals surface area contributed by atoms with E-state index in [9.17, 15) is 9.59 Å². The molecule has 0 fully saturated rings. The third kappa shape index (κ3) is 3.33. The van der Waals surface area contributed by atoms with Gasteiger partial charge < -0.3 is 20.7 Å². The largest absolute Gasteiger partial charge is 0.497 e. The lowest BCUT2D eigenvalue weighted by atomic mass is 10.1. The van der Waals surface area contributed by atoms with Crippen molar-refractivity contribution in [1.29, 1.82) is 0 Å². The van der Waals surface area contributed by atoms with E-state index in [1.165, 1.54) is 0 Å².